The summed E-state index contributed by atoms with van der Waals surface area (Å²) in [6, 6.07) is 30.1. The van der Waals surface area contributed by atoms with Crippen molar-refractivity contribution in [2.75, 3.05) is 12.0 Å². The fourth-order valence-electron chi connectivity index (χ4n) is 3.73. The molecular formula is C28H24N2OS2. The van der Waals surface area contributed by atoms with Crippen LogP contribution in [0.15, 0.2) is 90.3 Å². The molecular weight excluding hydrogens is 444 g/mol. The monoisotopic (exact) mass is 468 g/mol. The molecule has 0 amide bonds. The molecule has 0 saturated heterocycles. The summed E-state index contributed by atoms with van der Waals surface area (Å²) in [4.78, 5) is 9.20. The van der Waals surface area contributed by atoms with Crippen molar-refractivity contribution in [1.82, 2.24) is 4.98 Å². The van der Waals surface area contributed by atoms with Crippen LogP contribution in [0.2, 0.25) is 0 Å². The first-order valence-electron chi connectivity index (χ1n) is 10.7. The maximum absolute atomic E-state index is 5.61. The van der Waals surface area contributed by atoms with Gasteiger partial charge in [0.1, 0.15) is 5.01 Å². The Kier molecular flexibility index (Phi) is 5.99. The number of aryl methyl sites for hydroxylation is 2. The number of anilines is 3. The third-order valence-corrected chi connectivity index (χ3v) is 7.62. The van der Waals surface area contributed by atoms with Crippen molar-refractivity contribution in [2.45, 2.75) is 13.8 Å². The molecule has 0 aliphatic rings. The first-order valence-corrected chi connectivity index (χ1v) is 12.4. The first-order chi connectivity index (χ1) is 16.1. The van der Waals surface area contributed by atoms with Gasteiger partial charge in [-0.15, -0.1) is 22.7 Å². The van der Waals surface area contributed by atoms with Crippen LogP contribution in [0.1, 0.15) is 11.1 Å². The fourth-order valence-corrected chi connectivity index (χ4v) is 5.57. The van der Waals surface area contributed by atoms with Crippen LogP contribution in [0, 0.1) is 13.8 Å². The molecule has 0 aliphatic heterocycles. The van der Waals surface area contributed by atoms with Gasteiger partial charge in [-0.05, 0) is 67.3 Å². The molecule has 0 unspecified atom stereocenters. The van der Waals surface area contributed by atoms with E-state index in [1.54, 1.807) is 29.8 Å². The summed E-state index contributed by atoms with van der Waals surface area (Å²) in [6.07, 6.45) is 0. The Morgan fingerprint density at radius 2 is 1.27 bits per heavy atom. The van der Waals surface area contributed by atoms with Gasteiger partial charge in [0.05, 0.1) is 16.9 Å². The van der Waals surface area contributed by atoms with Gasteiger partial charge < -0.3 is 9.64 Å². The SMILES string of the molecule is COc1nc(-c2cccs2)sc1-c1ccc(N(c2ccc(C)cc2)c2ccc(C)cc2)cc1. The summed E-state index contributed by atoms with van der Waals surface area (Å²) in [5.74, 6) is 0.671. The Labute approximate surface area is 202 Å². The van der Waals surface area contributed by atoms with E-state index in [0.29, 0.717) is 5.88 Å². The Morgan fingerprint density at radius 3 is 1.76 bits per heavy atom. The Morgan fingerprint density at radius 1 is 0.727 bits per heavy atom. The quantitative estimate of drug-likeness (QED) is 0.249. The molecule has 2 aromatic heterocycles. The predicted octanol–water partition coefficient (Wildman–Crippen LogP) is 8.63. The van der Waals surface area contributed by atoms with E-state index in [1.807, 2.05) is 6.07 Å². The standard InChI is InChI=1S/C28H24N2OS2/c1-19-6-12-22(13-7-19)30(23-14-8-20(2)9-15-23)24-16-10-21(11-17-24)26-27(31-3)29-28(33-26)25-5-4-18-32-25/h4-18H,1-3H3. The highest BCUT2D eigenvalue weighted by molar-refractivity contribution is 7.23. The zero-order valence-electron chi connectivity index (χ0n) is 18.8. The molecule has 5 rings (SSSR count). The average molecular weight is 469 g/mol. The van der Waals surface area contributed by atoms with Gasteiger partial charge in [-0.1, -0.05) is 53.6 Å². The third kappa shape index (κ3) is 4.42. The molecule has 164 valence electrons. The minimum absolute atomic E-state index is 0.671. The second kappa shape index (κ2) is 9.22. The Balaban J connectivity index is 1.54. The third-order valence-electron chi connectivity index (χ3n) is 5.49. The highest BCUT2D eigenvalue weighted by Crippen LogP contribution is 2.42. The molecule has 0 atom stereocenters. The topological polar surface area (TPSA) is 25.4 Å². The molecule has 0 fully saturated rings. The minimum Gasteiger partial charge on any atom is -0.480 e. The number of hydrogen-bond donors (Lipinski definition) is 0. The van der Waals surface area contributed by atoms with Crippen LogP contribution < -0.4 is 9.64 Å². The van der Waals surface area contributed by atoms with E-state index in [0.717, 1.165) is 37.4 Å². The van der Waals surface area contributed by atoms with E-state index < -0.39 is 0 Å². The molecule has 0 aliphatic carbocycles. The number of benzene rings is 3. The number of methoxy groups -OCH3 is 1. The molecule has 3 nitrogen and oxygen atoms in total. The number of rotatable bonds is 6. The lowest BCUT2D eigenvalue weighted by molar-refractivity contribution is 0.402. The predicted molar refractivity (Wildman–Crippen MR) is 142 cm³/mol. The second-order valence-electron chi connectivity index (χ2n) is 7.89. The number of thiophene rings is 1. The van der Waals surface area contributed by atoms with E-state index >= 15 is 0 Å². The zero-order valence-corrected chi connectivity index (χ0v) is 20.4. The van der Waals surface area contributed by atoms with Crippen LogP contribution in [0.4, 0.5) is 17.1 Å². The molecule has 0 N–H and O–H groups in total. The van der Waals surface area contributed by atoms with Crippen molar-refractivity contribution in [3.05, 3.63) is 101 Å². The van der Waals surface area contributed by atoms with E-state index in [2.05, 4.69) is 103 Å². The highest BCUT2D eigenvalue weighted by atomic mass is 32.1. The van der Waals surface area contributed by atoms with Crippen LogP contribution in [-0.2, 0) is 0 Å². The van der Waals surface area contributed by atoms with Crippen molar-refractivity contribution < 1.29 is 4.74 Å². The van der Waals surface area contributed by atoms with Crippen LogP contribution in [0.25, 0.3) is 20.3 Å². The molecule has 5 heteroatoms. The lowest BCUT2D eigenvalue weighted by Crippen LogP contribution is -2.09. The Hall–Kier alpha value is -3.41. The zero-order chi connectivity index (χ0) is 22.8. The van der Waals surface area contributed by atoms with Crippen LogP contribution in [0.5, 0.6) is 5.88 Å². The van der Waals surface area contributed by atoms with Gasteiger partial charge in [0.2, 0.25) is 5.88 Å². The summed E-state index contributed by atoms with van der Waals surface area (Å²) in [7, 11) is 1.68. The normalized spacial score (nSPS) is 10.9. The lowest BCUT2D eigenvalue weighted by Gasteiger charge is -2.26. The summed E-state index contributed by atoms with van der Waals surface area (Å²) >= 11 is 3.36. The lowest BCUT2D eigenvalue weighted by atomic mass is 10.1. The van der Waals surface area contributed by atoms with E-state index in [1.165, 1.54) is 11.1 Å². The molecule has 5 aromatic rings. The summed E-state index contributed by atoms with van der Waals surface area (Å²) in [5.41, 5.74) is 6.96. The molecule has 0 spiro atoms. The van der Waals surface area contributed by atoms with Gasteiger partial charge in [0, 0.05) is 17.1 Å². The number of aromatic nitrogens is 1. The maximum Gasteiger partial charge on any atom is 0.232 e. The molecule has 33 heavy (non-hydrogen) atoms. The maximum atomic E-state index is 5.61. The molecule has 3 aromatic carbocycles. The first kappa shape index (κ1) is 21.4. The average Bonchev–Trinajstić information content (AvgIpc) is 3.52. The van der Waals surface area contributed by atoms with Crippen molar-refractivity contribution in [2.24, 2.45) is 0 Å². The van der Waals surface area contributed by atoms with Gasteiger partial charge in [0.15, 0.2) is 0 Å². The van der Waals surface area contributed by atoms with E-state index in [4.69, 9.17) is 9.72 Å². The van der Waals surface area contributed by atoms with Gasteiger partial charge in [-0.2, -0.15) is 0 Å². The van der Waals surface area contributed by atoms with Gasteiger partial charge in [-0.3, -0.25) is 0 Å². The minimum atomic E-state index is 0.671. The van der Waals surface area contributed by atoms with E-state index in [9.17, 15) is 0 Å². The number of ether oxygens (including phenoxy) is 1. The Bertz CT molecular complexity index is 1290. The van der Waals surface area contributed by atoms with Crippen molar-refractivity contribution in [1.29, 1.82) is 0 Å². The molecule has 0 saturated carbocycles. The van der Waals surface area contributed by atoms with Crippen molar-refractivity contribution >= 4 is 39.7 Å². The van der Waals surface area contributed by atoms with Crippen LogP contribution in [-0.4, -0.2) is 12.1 Å². The number of thiazole rings is 1. The fraction of sp³-hybridized carbons (Fsp3) is 0.107. The summed E-state index contributed by atoms with van der Waals surface area (Å²) < 4.78 is 5.61. The van der Waals surface area contributed by atoms with Gasteiger partial charge in [-0.25, -0.2) is 4.98 Å². The van der Waals surface area contributed by atoms with Crippen LogP contribution in [0.3, 0.4) is 0 Å². The summed E-state index contributed by atoms with van der Waals surface area (Å²) in [6.45, 7) is 4.23. The van der Waals surface area contributed by atoms with E-state index in [-0.39, 0.29) is 0 Å². The largest absolute Gasteiger partial charge is 0.480 e. The molecule has 2 heterocycles. The molecule has 0 radical (unpaired) electrons. The van der Waals surface area contributed by atoms with Gasteiger partial charge >= 0.3 is 0 Å². The van der Waals surface area contributed by atoms with Gasteiger partial charge in [0.25, 0.3) is 0 Å². The number of nitrogens with zero attached hydrogens (tertiary/aromatic N) is 2. The highest BCUT2D eigenvalue weighted by Gasteiger charge is 2.17. The van der Waals surface area contributed by atoms with Crippen LogP contribution >= 0.6 is 22.7 Å². The summed E-state index contributed by atoms with van der Waals surface area (Å²) in [5, 5.41) is 3.06. The van der Waals surface area contributed by atoms with Crippen molar-refractivity contribution in [3.63, 3.8) is 0 Å². The number of hydrogen-bond acceptors (Lipinski definition) is 5. The smallest absolute Gasteiger partial charge is 0.232 e. The second-order valence-corrected chi connectivity index (χ2v) is 9.83. The molecule has 0 bridgehead atoms. The van der Waals surface area contributed by atoms with Crippen molar-refractivity contribution in [3.8, 4) is 26.2 Å².